The number of rotatable bonds is 3. The molecule has 2 aliphatic rings. The Morgan fingerprint density at radius 2 is 2.26 bits per heavy atom. The second kappa shape index (κ2) is 5.60. The Hall–Kier alpha value is -1.95. The molecular formula is C17H19N3O2S. The van der Waals surface area contributed by atoms with E-state index in [1.807, 2.05) is 54.0 Å². The fraction of sp³-hybridized carbons (Fsp3) is 0.412. The SMILES string of the molecule is COc1cccc(-c2cc(C(=O)N3CC4CC3CS4)n(C)n2)c1. The summed E-state index contributed by atoms with van der Waals surface area (Å²) in [4.78, 5) is 14.9. The second-order valence-electron chi connectivity index (χ2n) is 6.07. The van der Waals surface area contributed by atoms with Gasteiger partial charge in [0.1, 0.15) is 11.4 Å². The van der Waals surface area contributed by atoms with Crippen molar-refractivity contribution in [3.8, 4) is 17.0 Å². The van der Waals surface area contributed by atoms with Crippen LogP contribution in [0.3, 0.4) is 0 Å². The number of ether oxygens (including phenoxy) is 1. The van der Waals surface area contributed by atoms with Crippen LogP contribution >= 0.6 is 11.8 Å². The minimum atomic E-state index is 0.0990. The van der Waals surface area contributed by atoms with Crippen LogP contribution in [0.5, 0.6) is 5.75 Å². The van der Waals surface area contributed by atoms with E-state index in [-0.39, 0.29) is 5.91 Å². The minimum absolute atomic E-state index is 0.0990. The molecule has 0 saturated carbocycles. The van der Waals surface area contributed by atoms with Gasteiger partial charge in [-0.2, -0.15) is 16.9 Å². The van der Waals surface area contributed by atoms with Gasteiger partial charge in [0, 0.05) is 36.2 Å². The first kappa shape index (κ1) is 14.6. The Morgan fingerprint density at radius 3 is 2.96 bits per heavy atom. The standard InChI is InChI=1S/C17H19N3O2S/c1-19-16(17(21)20-9-14-7-12(20)10-23-14)8-15(18-19)11-4-3-5-13(6-11)22-2/h3-6,8,12,14H,7,9-10H2,1-2H3. The van der Waals surface area contributed by atoms with E-state index in [1.165, 1.54) is 0 Å². The van der Waals surface area contributed by atoms with Gasteiger partial charge in [-0.1, -0.05) is 12.1 Å². The van der Waals surface area contributed by atoms with Crippen LogP contribution in [0.1, 0.15) is 16.9 Å². The number of thioether (sulfide) groups is 1. The molecule has 2 atom stereocenters. The Kier molecular flexibility index (Phi) is 3.56. The molecule has 2 bridgehead atoms. The lowest BCUT2D eigenvalue weighted by molar-refractivity contribution is 0.0736. The Bertz CT molecular complexity index is 758. The molecule has 2 aromatic rings. The molecule has 3 heterocycles. The average molecular weight is 329 g/mol. The van der Waals surface area contributed by atoms with Crippen molar-refractivity contribution in [2.24, 2.45) is 7.05 Å². The van der Waals surface area contributed by atoms with Crippen LogP contribution in [0, 0.1) is 0 Å². The number of carbonyl (C=O) groups is 1. The second-order valence-corrected chi connectivity index (χ2v) is 7.41. The third kappa shape index (κ3) is 2.51. The van der Waals surface area contributed by atoms with Crippen LogP contribution in [-0.2, 0) is 7.05 Å². The van der Waals surface area contributed by atoms with Gasteiger partial charge in [0.2, 0.25) is 0 Å². The molecule has 1 aromatic heterocycles. The number of fused-ring (bicyclic) bond motifs is 2. The van der Waals surface area contributed by atoms with Crippen LogP contribution in [0.25, 0.3) is 11.3 Å². The molecule has 120 valence electrons. The van der Waals surface area contributed by atoms with Gasteiger partial charge in [0.25, 0.3) is 5.91 Å². The summed E-state index contributed by atoms with van der Waals surface area (Å²) >= 11 is 1.99. The van der Waals surface area contributed by atoms with Crippen LogP contribution in [-0.4, -0.2) is 51.3 Å². The normalized spacial score (nSPS) is 22.6. The van der Waals surface area contributed by atoms with Crippen molar-refractivity contribution >= 4 is 17.7 Å². The maximum Gasteiger partial charge on any atom is 0.272 e. The highest BCUT2D eigenvalue weighted by molar-refractivity contribution is 8.00. The Morgan fingerprint density at radius 1 is 1.39 bits per heavy atom. The number of methoxy groups -OCH3 is 1. The molecule has 0 radical (unpaired) electrons. The molecule has 23 heavy (non-hydrogen) atoms. The largest absolute Gasteiger partial charge is 0.497 e. The third-order valence-corrected chi connectivity index (χ3v) is 6.02. The van der Waals surface area contributed by atoms with E-state index in [0.717, 1.165) is 35.7 Å². The number of carbonyl (C=O) groups excluding carboxylic acids is 1. The van der Waals surface area contributed by atoms with Gasteiger partial charge in [0.15, 0.2) is 0 Å². The summed E-state index contributed by atoms with van der Waals surface area (Å²) in [7, 11) is 3.48. The summed E-state index contributed by atoms with van der Waals surface area (Å²) in [5, 5.41) is 5.14. The first-order valence-electron chi connectivity index (χ1n) is 7.77. The van der Waals surface area contributed by atoms with Gasteiger partial charge in [-0.15, -0.1) is 0 Å². The number of amides is 1. The van der Waals surface area contributed by atoms with Crippen molar-refractivity contribution in [3.05, 3.63) is 36.0 Å². The number of nitrogens with zero attached hydrogens (tertiary/aromatic N) is 3. The molecule has 4 rings (SSSR count). The highest BCUT2D eigenvalue weighted by Crippen LogP contribution is 2.38. The van der Waals surface area contributed by atoms with E-state index in [1.54, 1.807) is 11.8 Å². The molecule has 0 spiro atoms. The predicted molar refractivity (Wildman–Crippen MR) is 90.9 cm³/mol. The van der Waals surface area contributed by atoms with E-state index in [2.05, 4.69) is 5.10 Å². The van der Waals surface area contributed by atoms with Gasteiger partial charge in [-0.25, -0.2) is 0 Å². The van der Waals surface area contributed by atoms with Crippen molar-refractivity contribution < 1.29 is 9.53 Å². The van der Waals surface area contributed by atoms with Crippen LogP contribution < -0.4 is 4.74 Å². The molecule has 1 aromatic carbocycles. The van der Waals surface area contributed by atoms with Crippen LogP contribution in [0.2, 0.25) is 0 Å². The summed E-state index contributed by atoms with van der Waals surface area (Å²) < 4.78 is 6.95. The highest BCUT2D eigenvalue weighted by Gasteiger charge is 2.41. The lowest BCUT2D eigenvalue weighted by Gasteiger charge is -2.26. The number of hydrogen-bond donors (Lipinski definition) is 0. The van der Waals surface area contributed by atoms with Gasteiger partial charge < -0.3 is 9.64 Å². The summed E-state index contributed by atoms with van der Waals surface area (Å²) in [5.41, 5.74) is 2.41. The Balaban J connectivity index is 1.63. The lowest BCUT2D eigenvalue weighted by Crippen LogP contribution is -2.39. The molecule has 0 aliphatic carbocycles. The fourth-order valence-electron chi connectivity index (χ4n) is 3.39. The number of benzene rings is 1. The monoisotopic (exact) mass is 329 g/mol. The predicted octanol–water partition coefficient (Wildman–Crippen LogP) is 2.43. The molecular weight excluding hydrogens is 310 g/mol. The number of aryl methyl sites for hydroxylation is 1. The van der Waals surface area contributed by atoms with Crippen molar-refractivity contribution in [1.29, 1.82) is 0 Å². The number of hydrogen-bond acceptors (Lipinski definition) is 4. The summed E-state index contributed by atoms with van der Waals surface area (Å²) in [6.07, 6.45) is 1.14. The topological polar surface area (TPSA) is 47.4 Å². The molecule has 2 unspecified atom stereocenters. The van der Waals surface area contributed by atoms with Gasteiger partial charge in [-0.05, 0) is 24.6 Å². The van der Waals surface area contributed by atoms with Crippen molar-refractivity contribution in [2.45, 2.75) is 17.7 Å². The highest BCUT2D eigenvalue weighted by atomic mass is 32.2. The molecule has 2 aliphatic heterocycles. The fourth-order valence-corrected chi connectivity index (χ4v) is 4.82. The third-order valence-electron chi connectivity index (χ3n) is 4.63. The maximum absolute atomic E-state index is 12.9. The van der Waals surface area contributed by atoms with E-state index < -0.39 is 0 Å². The summed E-state index contributed by atoms with van der Waals surface area (Å²) in [6, 6.07) is 10.0. The lowest BCUT2D eigenvalue weighted by atomic mass is 10.1. The van der Waals surface area contributed by atoms with E-state index in [0.29, 0.717) is 17.0 Å². The zero-order valence-electron chi connectivity index (χ0n) is 13.2. The minimum Gasteiger partial charge on any atom is -0.497 e. The Labute approximate surface area is 139 Å². The summed E-state index contributed by atoms with van der Waals surface area (Å²) in [6.45, 7) is 0.869. The molecule has 5 nitrogen and oxygen atoms in total. The molecule has 2 saturated heterocycles. The summed E-state index contributed by atoms with van der Waals surface area (Å²) in [5.74, 6) is 1.95. The zero-order chi connectivity index (χ0) is 16.0. The maximum atomic E-state index is 12.9. The number of aromatic nitrogens is 2. The van der Waals surface area contributed by atoms with Gasteiger partial charge in [0.05, 0.1) is 12.8 Å². The van der Waals surface area contributed by atoms with Crippen LogP contribution in [0.15, 0.2) is 30.3 Å². The molecule has 1 amide bonds. The van der Waals surface area contributed by atoms with E-state index in [9.17, 15) is 4.79 Å². The van der Waals surface area contributed by atoms with Gasteiger partial charge in [-0.3, -0.25) is 9.48 Å². The van der Waals surface area contributed by atoms with E-state index >= 15 is 0 Å². The first-order chi connectivity index (χ1) is 11.2. The van der Waals surface area contributed by atoms with Gasteiger partial charge >= 0.3 is 0 Å². The van der Waals surface area contributed by atoms with E-state index in [4.69, 9.17) is 4.74 Å². The molecule has 0 N–H and O–H groups in total. The molecule has 6 heteroatoms. The quantitative estimate of drug-likeness (QED) is 0.868. The molecule has 2 fully saturated rings. The number of likely N-dealkylation sites (tertiary alicyclic amines) is 1. The first-order valence-corrected chi connectivity index (χ1v) is 8.81. The van der Waals surface area contributed by atoms with Crippen molar-refractivity contribution in [2.75, 3.05) is 19.4 Å². The average Bonchev–Trinajstić information content (AvgIpc) is 3.29. The smallest absolute Gasteiger partial charge is 0.272 e. The van der Waals surface area contributed by atoms with Crippen LogP contribution in [0.4, 0.5) is 0 Å². The van der Waals surface area contributed by atoms with Crippen molar-refractivity contribution in [3.63, 3.8) is 0 Å². The van der Waals surface area contributed by atoms with Crippen molar-refractivity contribution in [1.82, 2.24) is 14.7 Å². The zero-order valence-corrected chi connectivity index (χ0v) is 14.0.